The summed E-state index contributed by atoms with van der Waals surface area (Å²) < 4.78 is 24.9. The number of carbonyl (C=O) groups is 1. The number of carbonyl (C=O) groups excluding carboxylic acids is 1. The van der Waals surface area contributed by atoms with E-state index in [9.17, 15) is 9.18 Å². The lowest BCUT2D eigenvalue weighted by Crippen LogP contribution is -2.26. The lowest BCUT2D eigenvalue weighted by molar-refractivity contribution is 0.0937. The Hall–Kier alpha value is -2.41. The van der Waals surface area contributed by atoms with E-state index in [2.05, 4.69) is 10.4 Å². The summed E-state index contributed by atoms with van der Waals surface area (Å²) in [5.41, 5.74) is 0.323. The zero-order valence-corrected chi connectivity index (χ0v) is 13.0. The molecule has 23 heavy (non-hydrogen) atoms. The molecule has 7 heteroatoms. The molecular formula is C16H20FN3O3. The molecule has 2 aromatic rings. The molecule has 0 fully saturated rings. The summed E-state index contributed by atoms with van der Waals surface area (Å²) >= 11 is 0. The first-order chi connectivity index (χ1) is 11.2. The van der Waals surface area contributed by atoms with Gasteiger partial charge in [0.15, 0.2) is 6.73 Å². The molecule has 1 aromatic carbocycles. The summed E-state index contributed by atoms with van der Waals surface area (Å²) in [7, 11) is 0. The van der Waals surface area contributed by atoms with Crippen LogP contribution in [0.5, 0.6) is 5.75 Å². The molecule has 0 aliphatic rings. The van der Waals surface area contributed by atoms with Crippen LogP contribution in [0, 0.1) is 5.82 Å². The molecule has 6 nitrogen and oxygen atoms in total. The summed E-state index contributed by atoms with van der Waals surface area (Å²) in [6.45, 7) is 3.91. The molecule has 124 valence electrons. The monoisotopic (exact) mass is 321 g/mol. The van der Waals surface area contributed by atoms with E-state index in [0.717, 1.165) is 6.42 Å². The molecule has 2 rings (SSSR count). The Morgan fingerprint density at radius 2 is 2.09 bits per heavy atom. The van der Waals surface area contributed by atoms with Gasteiger partial charge in [0.05, 0.1) is 0 Å². The number of nitrogens with zero attached hydrogens (tertiary/aromatic N) is 2. The number of halogens is 1. The second-order valence-electron chi connectivity index (χ2n) is 4.77. The Morgan fingerprint density at radius 3 is 2.83 bits per heavy atom. The van der Waals surface area contributed by atoms with Crippen LogP contribution in [-0.4, -0.2) is 35.4 Å². The fraction of sp³-hybridized carbons (Fsp3) is 0.375. The maximum Gasteiger partial charge on any atom is 0.271 e. The van der Waals surface area contributed by atoms with Crippen LogP contribution in [0.3, 0.4) is 0 Å². The van der Waals surface area contributed by atoms with Crippen LogP contribution >= 0.6 is 0 Å². The van der Waals surface area contributed by atoms with Gasteiger partial charge in [-0.25, -0.2) is 9.07 Å². The van der Waals surface area contributed by atoms with E-state index in [1.165, 1.54) is 28.9 Å². The number of hydrogen-bond donors (Lipinski definition) is 1. The maximum absolute atomic E-state index is 12.8. The Kier molecular flexibility index (Phi) is 6.56. The molecule has 0 saturated heterocycles. The first kappa shape index (κ1) is 17.0. The first-order valence-electron chi connectivity index (χ1n) is 7.47. The molecule has 0 aliphatic carbocycles. The highest BCUT2D eigenvalue weighted by Gasteiger charge is 2.08. The number of amides is 1. The quantitative estimate of drug-likeness (QED) is 0.719. The molecule has 0 bridgehead atoms. The molecule has 1 aromatic heterocycles. The molecule has 0 spiro atoms. The first-order valence-corrected chi connectivity index (χ1v) is 7.47. The van der Waals surface area contributed by atoms with Gasteiger partial charge in [-0.3, -0.25) is 4.79 Å². The summed E-state index contributed by atoms with van der Waals surface area (Å²) in [6, 6.07) is 7.32. The van der Waals surface area contributed by atoms with Gasteiger partial charge in [-0.05, 0) is 43.7 Å². The summed E-state index contributed by atoms with van der Waals surface area (Å²) in [6.07, 6.45) is 2.41. The van der Waals surface area contributed by atoms with Crippen molar-refractivity contribution >= 4 is 5.91 Å². The van der Waals surface area contributed by atoms with Crippen molar-refractivity contribution in [2.24, 2.45) is 0 Å². The number of aromatic nitrogens is 2. The van der Waals surface area contributed by atoms with Gasteiger partial charge in [-0.15, -0.1) is 0 Å². The second-order valence-corrected chi connectivity index (χ2v) is 4.77. The SMILES string of the molecule is CCOCCCNC(=O)c1ccn(COc2ccc(F)cc2)n1. The van der Waals surface area contributed by atoms with Crippen LogP contribution in [0.4, 0.5) is 4.39 Å². The standard InChI is InChI=1S/C16H20FN3O3/c1-2-22-11-3-9-18-16(21)15-8-10-20(19-15)12-23-14-6-4-13(17)5-7-14/h4-8,10H,2-3,9,11-12H2,1H3,(H,18,21). The third kappa shape index (κ3) is 5.71. The second kappa shape index (κ2) is 8.89. The van der Waals surface area contributed by atoms with Crippen molar-refractivity contribution in [3.05, 3.63) is 48.0 Å². The van der Waals surface area contributed by atoms with Crippen molar-refractivity contribution in [2.75, 3.05) is 19.8 Å². The third-order valence-corrected chi connectivity index (χ3v) is 3.01. The summed E-state index contributed by atoms with van der Waals surface area (Å²) in [4.78, 5) is 11.9. The van der Waals surface area contributed by atoms with Gasteiger partial charge in [-0.2, -0.15) is 5.10 Å². The lowest BCUT2D eigenvalue weighted by atomic mass is 10.3. The topological polar surface area (TPSA) is 65.4 Å². The number of ether oxygens (including phenoxy) is 2. The molecule has 1 heterocycles. The van der Waals surface area contributed by atoms with Crippen molar-refractivity contribution in [1.82, 2.24) is 15.1 Å². The van der Waals surface area contributed by atoms with E-state index in [1.807, 2.05) is 6.92 Å². The van der Waals surface area contributed by atoms with Gasteiger partial charge in [-0.1, -0.05) is 0 Å². The molecule has 0 unspecified atom stereocenters. The van der Waals surface area contributed by atoms with Gasteiger partial charge in [0.1, 0.15) is 17.3 Å². The van der Waals surface area contributed by atoms with Crippen LogP contribution in [0.1, 0.15) is 23.8 Å². The van der Waals surface area contributed by atoms with Gasteiger partial charge in [0.25, 0.3) is 5.91 Å². The van der Waals surface area contributed by atoms with Gasteiger partial charge in [0, 0.05) is 26.0 Å². The van der Waals surface area contributed by atoms with E-state index in [4.69, 9.17) is 9.47 Å². The van der Waals surface area contributed by atoms with Crippen LogP contribution < -0.4 is 10.1 Å². The van der Waals surface area contributed by atoms with E-state index in [1.54, 1.807) is 12.3 Å². The smallest absolute Gasteiger partial charge is 0.271 e. The van der Waals surface area contributed by atoms with Crippen LogP contribution in [0.25, 0.3) is 0 Å². The minimum Gasteiger partial charge on any atom is -0.471 e. The van der Waals surface area contributed by atoms with Crippen LogP contribution in [0.2, 0.25) is 0 Å². The summed E-state index contributed by atoms with van der Waals surface area (Å²) in [5.74, 6) is -0.0226. The van der Waals surface area contributed by atoms with E-state index < -0.39 is 0 Å². The number of hydrogen-bond acceptors (Lipinski definition) is 4. The fourth-order valence-corrected chi connectivity index (χ4v) is 1.84. The molecule has 0 aliphatic heterocycles. The zero-order valence-electron chi connectivity index (χ0n) is 13.0. The third-order valence-electron chi connectivity index (χ3n) is 3.01. The van der Waals surface area contributed by atoms with Crippen molar-refractivity contribution < 1.29 is 18.7 Å². The van der Waals surface area contributed by atoms with Crippen molar-refractivity contribution in [3.8, 4) is 5.75 Å². The Balaban J connectivity index is 1.76. The number of rotatable bonds is 9. The van der Waals surface area contributed by atoms with Crippen LogP contribution in [-0.2, 0) is 11.5 Å². The van der Waals surface area contributed by atoms with Crippen LogP contribution in [0.15, 0.2) is 36.5 Å². The molecule has 0 atom stereocenters. The predicted molar refractivity (Wildman–Crippen MR) is 82.7 cm³/mol. The average Bonchev–Trinajstić information content (AvgIpc) is 3.03. The molecular weight excluding hydrogens is 301 g/mol. The van der Waals surface area contributed by atoms with Gasteiger partial charge >= 0.3 is 0 Å². The average molecular weight is 321 g/mol. The lowest BCUT2D eigenvalue weighted by Gasteiger charge is -2.06. The highest BCUT2D eigenvalue weighted by molar-refractivity contribution is 5.92. The van der Waals surface area contributed by atoms with Gasteiger partial charge in [0.2, 0.25) is 0 Å². The highest BCUT2D eigenvalue weighted by Crippen LogP contribution is 2.11. The Labute approximate surface area is 134 Å². The van der Waals surface area contributed by atoms with Crippen molar-refractivity contribution in [1.29, 1.82) is 0 Å². The summed E-state index contributed by atoms with van der Waals surface area (Å²) in [5, 5.41) is 6.91. The van der Waals surface area contributed by atoms with E-state index in [-0.39, 0.29) is 18.5 Å². The highest BCUT2D eigenvalue weighted by atomic mass is 19.1. The Bertz CT molecular complexity index is 613. The fourth-order valence-electron chi connectivity index (χ4n) is 1.84. The molecule has 1 amide bonds. The number of nitrogens with one attached hydrogen (secondary N) is 1. The minimum atomic E-state index is -0.320. The Morgan fingerprint density at radius 1 is 1.30 bits per heavy atom. The van der Waals surface area contributed by atoms with Gasteiger partial charge < -0.3 is 14.8 Å². The van der Waals surface area contributed by atoms with E-state index in [0.29, 0.717) is 31.2 Å². The molecule has 0 radical (unpaired) electrons. The zero-order chi connectivity index (χ0) is 16.5. The minimum absolute atomic E-state index is 0.142. The molecule has 1 N–H and O–H groups in total. The predicted octanol–water partition coefficient (Wildman–Crippen LogP) is 2.22. The van der Waals surface area contributed by atoms with E-state index >= 15 is 0 Å². The van der Waals surface area contributed by atoms with Crippen molar-refractivity contribution in [3.63, 3.8) is 0 Å². The van der Waals surface area contributed by atoms with Crippen molar-refractivity contribution in [2.45, 2.75) is 20.1 Å². The largest absolute Gasteiger partial charge is 0.471 e. The normalized spacial score (nSPS) is 10.5. The molecule has 0 saturated carbocycles. The number of benzene rings is 1. The maximum atomic E-state index is 12.8.